The van der Waals surface area contributed by atoms with E-state index in [1.165, 1.54) is 24.2 Å². The lowest BCUT2D eigenvalue weighted by molar-refractivity contribution is -0.170. The monoisotopic (exact) mass is 464 g/mol. The summed E-state index contributed by atoms with van der Waals surface area (Å²) >= 11 is 0. The third-order valence-corrected chi connectivity index (χ3v) is 5.62. The average Bonchev–Trinajstić information content (AvgIpc) is 3.48. The van der Waals surface area contributed by atoms with E-state index in [1.807, 2.05) is 0 Å². The molecule has 1 fully saturated rings. The van der Waals surface area contributed by atoms with Crippen LogP contribution in [0.25, 0.3) is 22.2 Å². The van der Waals surface area contributed by atoms with Gasteiger partial charge in [-0.25, -0.2) is 0 Å². The van der Waals surface area contributed by atoms with Crippen LogP contribution in [0.2, 0.25) is 0 Å². The van der Waals surface area contributed by atoms with Crippen molar-refractivity contribution in [1.82, 2.24) is 15.1 Å². The second-order valence-electron chi connectivity index (χ2n) is 7.83. The van der Waals surface area contributed by atoms with Crippen LogP contribution in [0.1, 0.15) is 6.92 Å². The second kappa shape index (κ2) is 8.24. The predicted octanol–water partition coefficient (Wildman–Crippen LogP) is 1.58. The summed E-state index contributed by atoms with van der Waals surface area (Å²) in [5, 5.41) is 17.6. The molecule has 1 aromatic carbocycles. The van der Waals surface area contributed by atoms with Crippen LogP contribution in [0.4, 0.5) is 17.5 Å². The van der Waals surface area contributed by atoms with E-state index in [0.717, 1.165) is 5.56 Å². The molecule has 5 rings (SSSR count). The average molecular weight is 464 g/mol. The maximum Gasteiger partial charge on any atom is 0.304 e. The molecule has 4 aromatic rings. The zero-order valence-electron chi connectivity index (χ0n) is 18.0. The summed E-state index contributed by atoms with van der Waals surface area (Å²) in [5.74, 6) is -1.28. The number of ether oxygens (including phenoxy) is 1. The van der Waals surface area contributed by atoms with Crippen LogP contribution < -0.4 is 16.0 Å². The molecule has 0 radical (unpaired) electrons. The lowest BCUT2D eigenvalue weighted by Crippen LogP contribution is -2.63. The number of hydrogen-bond acceptors (Lipinski definition) is 10. The van der Waals surface area contributed by atoms with Gasteiger partial charge < -0.3 is 29.8 Å². The lowest BCUT2D eigenvalue weighted by Gasteiger charge is -2.39. The largest absolute Gasteiger partial charge is 0.431 e. The maximum atomic E-state index is 13.3. The molecule has 0 saturated carbocycles. The summed E-state index contributed by atoms with van der Waals surface area (Å²) in [6.45, 7) is 1.55. The van der Waals surface area contributed by atoms with Crippen molar-refractivity contribution in [1.29, 1.82) is 0 Å². The van der Waals surface area contributed by atoms with Gasteiger partial charge in [-0.2, -0.15) is 4.98 Å². The van der Waals surface area contributed by atoms with Gasteiger partial charge in [-0.3, -0.25) is 19.5 Å². The molecule has 2 amide bonds. The number of benzene rings is 1. The number of morpholine rings is 1. The molecule has 0 spiro atoms. The number of carbonyl (C=O) groups excluding carboxylic acids is 2. The number of carbonyl (C=O) groups is 2. The van der Waals surface area contributed by atoms with Crippen molar-refractivity contribution in [3.63, 3.8) is 0 Å². The van der Waals surface area contributed by atoms with E-state index in [4.69, 9.17) is 19.4 Å². The molecule has 12 heteroatoms. The number of pyridine rings is 1. The zero-order valence-corrected chi connectivity index (χ0v) is 18.0. The summed E-state index contributed by atoms with van der Waals surface area (Å²) < 4.78 is 16.2. The van der Waals surface area contributed by atoms with Crippen molar-refractivity contribution in [3.05, 3.63) is 49.0 Å². The molecule has 2 unspecified atom stereocenters. The highest BCUT2D eigenvalue weighted by Crippen LogP contribution is 2.30. The molecule has 1 aliphatic rings. The number of nitrogens with two attached hydrogens (primary N) is 1. The van der Waals surface area contributed by atoms with Gasteiger partial charge in [-0.15, -0.1) is 0 Å². The van der Waals surface area contributed by atoms with E-state index >= 15 is 0 Å². The summed E-state index contributed by atoms with van der Waals surface area (Å²) in [6, 6.07) is 8.25. The maximum absolute atomic E-state index is 13.3. The summed E-state index contributed by atoms with van der Waals surface area (Å²) in [5.41, 5.74) is 5.79. The minimum atomic E-state index is -1.87. The number of amides is 2. The van der Waals surface area contributed by atoms with Crippen molar-refractivity contribution in [3.8, 4) is 11.3 Å². The Bertz CT molecular complexity index is 1370. The first-order chi connectivity index (χ1) is 16.4. The first kappa shape index (κ1) is 21.6. The molecular formula is C22H20N6O6. The number of aromatic nitrogens is 3. The van der Waals surface area contributed by atoms with E-state index < -0.39 is 23.5 Å². The Morgan fingerprint density at radius 2 is 2.09 bits per heavy atom. The van der Waals surface area contributed by atoms with E-state index in [1.54, 1.807) is 36.7 Å². The highest BCUT2D eigenvalue weighted by atomic mass is 16.5. The number of nitrogens with zero attached hydrogens (tertiary/aromatic N) is 4. The molecule has 2 atom stereocenters. The summed E-state index contributed by atoms with van der Waals surface area (Å²) in [7, 11) is 0. The van der Waals surface area contributed by atoms with Crippen molar-refractivity contribution in [2.24, 2.45) is 0 Å². The number of hydrogen-bond donors (Lipinski definition) is 3. The first-order valence-electron chi connectivity index (χ1n) is 10.3. The Hall–Kier alpha value is -4.29. The van der Waals surface area contributed by atoms with Crippen molar-refractivity contribution in [2.75, 3.05) is 29.1 Å². The molecule has 34 heavy (non-hydrogen) atoms. The molecule has 174 valence electrons. The van der Waals surface area contributed by atoms with Gasteiger partial charge in [0.25, 0.3) is 11.8 Å². The minimum Gasteiger partial charge on any atom is -0.431 e. The van der Waals surface area contributed by atoms with E-state index in [-0.39, 0.29) is 25.0 Å². The van der Waals surface area contributed by atoms with Gasteiger partial charge in [0.15, 0.2) is 23.1 Å². The van der Waals surface area contributed by atoms with E-state index in [2.05, 4.69) is 20.4 Å². The fourth-order valence-electron chi connectivity index (χ4n) is 3.70. The third kappa shape index (κ3) is 3.64. The van der Waals surface area contributed by atoms with Crippen LogP contribution in [0.5, 0.6) is 0 Å². The SMILES string of the molecule is CC1(C(O)C(=O)Nc2ccc3c(N)noc3c2)OCCN(c2nc(-c3ccncc3)co2)C1=O. The standard InChI is InChI=1S/C22H20N6O6/c1-22(17(29)19(30)25-13-2-3-14-16(10-13)34-27-18(14)23)20(31)28(8-9-33-22)21-26-15(11-32-21)12-4-6-24-7-5-12/h2-7,10-11,17,29H,8-9H2,1H3,(H2,23,27)(H,25,30). The van der Waals surface area contributed by atoms with E-state index in [0.29, 0.717) is 22.4 Å². The number of nitrogens with one attached hydrogen (secondary N) is 1. The normalized spacial score (nSPS) is 19.4. The molecule has 3 aromatic heterocycles. The summed E-state index contributed by atoms with van der Waals surface area (Å²) in [6.07, 6.45) is 2.82. The minimum absolute atomic E-state index is 0.0345. The number of oxazole rings is 1. The van der Waals surface area contributed by atoms with Crippen LogP contribution in [0.3, 0.4) is 0 Å². The fourth-order valence-corrected chi connectivity index (χ4v) is 3.70. The third-order valence-electron chi connectivity index (χ3n) is 5.62. The second-order valence-corrected chi connectivity index (χ2v) is 7.83. The van der Waals surface area contributed by atoms with Crippen molar-refractivity contribution < 1.29 is 28.4 Å². The smallest absolute Gasteiger partial charge is 0.304 e. The van der Waals surface area contributed by atoms with Crippen LogP contribution >= 0.6 is 0 Å². The van der Waals surface area contributed by atoms with Gasteiger partial charge in [0.05, 0.1) is 18.5 Å². The number of rotatable bonds is 5. The summed E-state index contributed by atoms with van der Waals surface area (Å²) in [4.78, 5) is 35.7. The zero-order chi connectivity index (χ0) is 23.9. The lowest BCUT2D eigenvalue weighted by atomic mass is 9.94. The molecule has 4 heterocycles. The predicted molar refractivity (Wildman–Crippen MR) is 120 cm³/mol. The Morgan fingerprint density at radius 1 is 1.29 bits per heavy atom. The van der Waals surface area contributed by atoms with Crippen LogP contribution in [0.15, 0.2) is 57.9 Å². The molecule has 4 N–H and O–H groups in total. The number of nitrogen functional groups attached to an aromatic ring is 1. The highest BCUT2D eigenvalue weighted by molar-refractivity contribution is 6.06. The number of fused-ring (bicyclic) bond motifs is 1. The Balaban J connectivity index is 1.34. The van der Waals surface area contributed by atoms with Crippen molar-refractivity contribution in [2.45, 2.75) is 18.6 Å². The quantitative estimate of drug-likeness (QED) is 0.394. The van der Waals surface area contributed by atoms with Gasteiger partial charge in [0.2, 0.25) is 0 Å². The molecule has 12 nitrogen and oxygen atoms in total. The number of aliphatic hydroxyl groups is 1. The molecule has 0 aliphatic carbocycles. The van der Waals surface area contributed by atoms with E-state index in [9.17, 15) is 14.7 Å². The number of aliphatic hydroxyl groups excluding tert-OH is 1. The molecule has 1 aliphatic heterocycles. The van der Waals surface area contributed by atoms with Gasteiger partial charge >= 0.3 is 6.01 Å². The fraction of sp³-hybridized carbons (Fsp3) is 0.227. The Morgan fingerprint density at radius 3 is 2.88 bits per heavy atom. The number of anilines is 3. The van der Waals surface area contributed by atoms with Crippen LogP contribution in [0, 0.1) is 0 Å². The van der Waals surface area contributed by atoms with Crippen LogP contribution in [-0.4, -0.2) is 56.9 Å². The highest BCUT2D eigenvalue weighted by Gasteiger charge is 2.51. The van der Waals surface area contributed by atoms with Crippen LogP contribution in [-0.2, 0) is 14.3 Å². The Labute approximate surface area is 192 Å². The van der Waals surface area contributed by atoms with Gasteiger partial charge in [-0.1, -0.05) is 5.16 Å². The van der Waals surface area contributed by atoms with Crippen molar-refractivity contribution >= 4 is 40.3 Å². The first-order valence-corrected chi connectivity index (χ1v) is 10.3. The molecule has 0 bridgehead atoms. The topological polar surface area (TPSA) is 170 Å². The van der Waals surface area contributed by atoms with Gasteiger partial charge in [-0.05, 0) is 31.2 Å². The van der Waals surface area contributed by atoms with Gasteiger partial charge in [0.1, 0.15) is 12.0 Å². The van der Waals surface area contributed by atoms with Gasteiger partial charge in [0, 0.05) is 29.7 Å². The Kier molecular flexibility index (Phi) is 5.23. The molecular weight excluding hydrogens is 444 g/mol. The molecule has 1 saturated heterocycles.